The van der Waals surface area contributed by atoms with Gasteiger partial charge in [0, 0.05) is 25.7 Å². The molecule has 1 aromatic carbocycles. The summed E-state index contributed by atoms with van der Waals surface area (Å²) in [5.74, 6) is -1.36. The summed E-state index contributed by atoms with van der Waals surface area (Å²) in [5.41, 5.74) is 1.15. The monoisotopic (exact) mass is 265 g/mol. The van der Waals surface area contributed by atoms with Crippen molar-refractivity contribution in [2.45, 2.75) is 6.92 Å². The van der Waals surface area contributed by atoms with Gasteiger partial charge < -0.3 is 20.6 Å². The molecule has 3 N–H and O–H groups in total. The van der Waals surface area contributed by atoms with E-state index in [-0.39, 0.29) is 11.5 Å². The fraction of sp³-hybridized carbons (Fsp3) is 0.385. The lowest BCUT2D eigenvalue weighted by atomic mass is 10.1. The molecule has 0 heterocycles. The van der Waals surface area contributed by atoms with Crippen LogP contribution in [0.1, 0.15) is 17.3 Å². The number of rotatable bonds is 6. The summed E-state index contributed by atoms with van der Waals surface area (Å²) in [5, 5.41) is 14.7. The molecular formula is C13H19N3O3. The molecule has 6 nitrogen and oxygen atoms in total. The van der Waals surface area contributed by atoms with Crippen LogP contribution in [0.25, 0.3) is 0 Å². The Balaban J connectivity index is 2.85. The molecule has 0 aliphatic rings. The highest BCUT2D eigenvalue weighted by Gasteiger charge is 2.11. The Labute approximate surface area is 112 Å². The molecule has 0 saturated carbocycles. The number of amides is 1. The lowest BCUT2D eigenvalue weighted by molar-refractivity contribution is -0.114. The zero-order valence-electron chi connectivity index (χ0n) is 11.4. The van der Waals surface area contributed by atoms with Crippen molar-refractivity contribution >= 4 is 23.3 Å². The van der Waals surface area contributed by atoms with Crippen LogP contribution < -0.4 is 10.6 Å². The van der Waals surface area contributed by atoms with Gasteiger partial charge in [0.15, 0.2) is 0 Å². The topological polar surface area (TPSA) is 81.7 Å². The molecule has 0 bridgehead atoms. The maximum Gasteiger partial charge on any atom is 0.337 e. The predicted molar refractivity (Wildman–Crippen MR) is 74.7 cm³/mol. The van der Waals surface area contributed by atoms with E-state index in [2.05, 4.69) is 10.6 Å². The molecular weight excluding hydrogens is 246 g/mol. The average Bonchev–Trinajstić information content (AvgIpc) is 2.27. The van der Waals surface area contributed by atoms with Crippen molar-refractivity contribution in [3.63, 3.8) is 0 Å². The highest BCUT2D eigenvalue weighted by Crippen LogP contribution is 2.21. The number of carboxylic acid groups (broad SMARTS) is 1. The summed E-state index contributed by atoms with van der Waals surface area (Å²) in [6.45, 7) is 2.94. The number of anilines is 2. The van der Waals surface area contributed by atoms with E-state index < -0.39 is 5.97 Å². The maximum absolute atomic E-state index is 11.1. The maximum atomic E-state index is 11.1. The van der Waals surface area contributed by atoms with Crippen molar-refractivity contribution in [3.05, 3.63) is 23.8 Å². The van der Waals surface area contributed by atoms with Gasteiger partial charge in [-0.15, -0.1) is 0 Å². The van der Waals surface area contributed by atoms with Crippen LogP contribution in [0.5, 0.6) is 0 Å². The molecule has 1 aromatic rings. The average molecular weight is 265 g/mol. The lowest BCUT2D eigenvalue weighted by Crippen LogP contribution is -2.21. The Morgan fingerprint density at radius 1 is 1.32 bits per heavy atom. The van der Waals surface area contributed by atoms with Crippen molar-refractivity contribution < 1.29 is 14.7 Å². The fourth-order valence-corrected chi connectivity index (χ4v) is 1.56. The molecule has 0 spiro atoms. The molecule has 0 aromatic heterocycles. The highest BCUT2D eigenvalue weighted by molar-refractivity contribution is 6.00. The quantitative estimate of drug-likeness (QED) is 0.722. The van der Waals surface area contributed by atoms with Gasteiger partial charge in [-0.25, -0.2) is 4.79 Å². The van der Waals surface area contributed by atoms with Crippen LogP contribution in [-0.4, -0.2) is 49.1 Å². The smallest absolute Gasteiger partial charge is 0.337 e. The Kier molecular flexibility index (Phi) is 5.32. The first-order valence-electron chi connectivity index (χ1n) is 5.93. The summed E-state index contributed by atoms with van der Waals surface area (Å²) in [7, 11) is 3.94. The van der Waals surface area contributed by atoms with Crippen molar-refractivity contribution in [1.29, 1.82) is 0 Å². The summed E-state index contributed by atoms with van der Waals surface area (Å²) in [6.07, 6.45) is 0. The van der Waals surface area contributed by atoms with Gasteiger partial charge in [0.25, 0.3) is 0 Å². The Morgan fingerprint density at radius 2 is 2.00 bits per heavy atom. The number of carbonyl (C=O) groups excluding carboxylic acids is 1. The number of likely N-dealkylation sites (N-methyl/N-ethyl adjacent to an activating group) is 1. The molecule has 6 heteroatoms. The molecule has 0 radical (unpaired) electrons. The van der Waals surface area contributed by atoms with Crippen molar-refractivity contribution in [2.75, 3.05) is 37.8 Å². The van der Waals surface area contributed by atoms with E-state index in [1.165, 1.54) is 13.0 Å². The highest BCUT2D eigenvalue weighted by atomic mass is 16.4. The second kappa shape index (κ2) is 6.75. The summed E-state index contributed by atoms with van der Waals surface area (Å²) in [4.78, 5) is 24.1. The fourth-order valence-electron chi connectivity index (χ4n) is 1.56. The third kappa shape index (κ3) is 4.97. The van der Waals surface area contributed by atoms with Gasteiger partial charge in [-0.1, -0.05) is 0 Å². The first-order valence-corrected chi connectivity index (χ1v) is 5.93. The van der Waals surface area contributed by atoms with Crippen LogP contribution >= 0.6 is 0 Å². The van der Waals surface area contributed by atoms with E-state index in [0.29, 0.717) is 5.69 Å². The van der Waals surface area contributed by atoms with Crippen LogP contribution in [0.4, 0.5) is 11.4 Å². The minimum Gasteiger partial charge on any atom is -0.478 e. The van der Waals surface area contributed by atoms with Gasteiger partial charge in [-0.05, 0) is 32.3 Å². The molecule has 0 fully saturated rings. The number of nitrogens with one attached hydrogen (secondary N) is 2. The molecule has 0 aliphatic heterocycles. The predicted octanol–water partition coefficient (Wildman–Crippen LogP) is 1.32. The van der Waals surface area contributed by atoms with Gasteiger partial charge in [0.05, 0.1) is 11.3 Å². The molecule has 0 saturated heterocycles. The van der Waals surface area contributed by atoms with E-state index in [0.717, 1.165) is 18.8 Å². The van der Waals surface area contributed by atoms with E-state index in [1.54, 1.807) is 12.1 Å². The molecule has 1 amide bonds. The molecule has 0 aliphatic carbocycles. The van der Waals surface area contributed by atoms with Gasteiger partial charge in [-0.2, -0.15) is 0 Å². The zero-order chi connectivity index (χ0) is 14.4. The molecule has 0 unspecified atom stereocenters. The second-order valence-corrected chi connectivity index (χ2v) is 4.48. The number of benzene rings is 1. The summed E-state index contributed by atoms with van der Waals surface area (Å²) >= 11 is 0. The third-order valence-corrected chi connectivity index (χ3v) is 2.45. The number of carbonyl (C=O) groups is 2. The van der Waals surface area contributed by atoms with E-state index >= 15 is 0 Å². The molecule has 104 valence electrons. The van der Waals surface area contributed by atoms with Crippen LogP contribution in [0.15, 0.2) is 18.2 Å². The summed E-state index contributed by atoms with van der Waals surface area (Å²) in [6, 6.07) is 4.79. The minimum absolute atomic E-state index is 0.0772. The van der Waals surface area contributed by atoms with Crippen LogP contribution in [-0.2, 0) is 4.79 Å². The van der Waals surface area contributed by atoms with Crippen LogP contribution in [0, 0.1) is 0 Å². The van der Waals surface area contributed by atoms with E-state index in [1.807, 2.05) is 19.0 Å². The first kappa shape index (κ1) is 15.0. The van der Waals surface area contributed by atoms with Gasteiger partial charge >= 0.3 is 5.97 Å². The summed E-state index contributed by atoms with van der Waals surface area (Å²) < 4.78 is 0. The molecule has 19 heavy (non-hydrogen) atoms. The van der Waals surface area contributed by atoms with Crippen molar-refractivity contribution in [1.82, 2.24) is 4.90 Å². The van der Waals surface area contributed by atoms with Crippen LogP contribution in [0.3, 0.4) is 0 Å². The number of hydrogen-bond acceptors (Lipinski definition) is 4. The third-order valence-electron chi connectivity index (χ3n) is 2.45. The SMILES string of the molecule is CC(=O)Nc1cc(NCCN(C)C)ccc1C(=O)O. The Morgan fingerprint density at radius 3 is 2.53 bits per heavy atom. The number of aromatic carboxylic acids is 1. The standard InChI is InChI=1S/C13H19N3O3/c1-9(17)15-12-8-10(14-6-7-16(2)3)4-5-11(12)13(18)19/h4-5,8,14H,6-7H2,1-3H3,(H,15,17)(H,18,19). The molecule has 1 rings (SSSR count). The normalized spacial score (nSPS) is 10.3. The van der Waals surface area contributed by atoms with Gasteiger partial charge in [0.2, 0.25) is 5.91 Å². The van der Waals surface area contributed by atoms with Crippen molar-refractivity contribution in [2.24, 2.45) is 0 Å². The largest absolute Gasteiger partial charge is 0.478 e. The second-order valence-electron chi connectivity index (χ2n) is 4.48. The van der Waals surface area contributed by atoms with E-state index in [9.17, 15) is 9.59 Å². The first-order chi connectivity index (χ1) is 8.90. The van der Waals surface area contributed by atoms with Gasteiger partial charge in [-0.3, -0.25) is 4.79 Å². The number of carboxylic acids is 1. The van der Waals surface area contributed by atoms with Crippen LogP contribution in [0.2, 0.25) is 0 Å². The minimum atomic E-state index is -1.07. The number of hydrogen-bond donors (Lipinski definition) is 3. The van der Waals surface area contributed by atoms with Gasteiger partial charge in [0.1, 0.15) is 0 Å². The van der Waals surface area contributed by atoms with Crippen molar-refractivity contribution in [3.8, 4) is 0 Å². The zero-order valence-corrected chi connectivity index (χ0v) is 11.4. The molecule has 0 atom stereocenters. The Bertz CT molecular complexity index is 472. The number of nitrogens with zero attached hydrogens (tertiary/aromatic N) is 1. The van der Waals surface area contributed by atoms with E-state index in [4.69, 9.17) is 5.11 Å². The lowest BCUT2D eigenvalue weighted by Gasteiger charge is -2.13. The Hall–Kier alpha value is -2.08.